The number of aromatic nitrogens is 3. The molecule has 2 saturated heterocycles. The largest absolute Gasteiger partial charge is 0.490 e. The van der Waals surface area contributed by atoms with Crippen molar-refractivity contribution in [2.45, 2.75) is 43.9 Å². The van der Waals surface area contributed by atoms with Crippen molar-refractivity contribution in [2.24, 2.45) is 5.92 Å². The summed E-state index contributed by atoms with van der Waals surface area (Å²) in [6, 6.07) is 6.41. The molecule has 3 aliphatic rings. The Bertz CT molecular complexity index is 2380. The van der Waals surface area contributed by atoms with Crippen LogP contribution in [0.1, 0.15) is 48.9 Å². The lowest BCUT2D eigenvalue weighted by Crippen LogP contribution is -2.43. The summed E-state index contributed by atoms with van der Waals surface area (Å²) in [6.07, 6.45) is -0.963. The first kappa shape index (κ1) is 36.9. The minimum absolute atomic E-state index is 0.0222. The molecule has 2 aromatic carbocycles. The number of nitrogen functional groups attached to an aromatic ring is 2. The van der Waals surface area contributed by atoms with E-state index in [1.54, 1.807) is 24.0 Å². The van der Waals surface area contributed by atoms with Crippen LogP contribution in [0.2, 0.25) is 0 Å². The summed E-state index contributed by atoms with van der Waals surface area (Å²) in [5.74, 6) is -2.32. The maximum absolute atomic E-state index is 17.5. The number of nitriles is 1. The number of hydrogen-bond donors (Lipinski definition) is 2. The first-order valence-corrected chi connectivity index (χ1v) is 18.7. The van der Waals surface area contributed by atoms with E-state index >= 15 is 22.0 Å². The van der Waals surface area contributed by atoms with Gasteiger partial charge in [0.1, 0.15) is 58.6 Å². The maximum atomic E-state index is 17.5. The lowest BCUT2D eigenvalue weighted by atomic mass is 9.90. The van der Waals surface area contributed by atoms with Gasteiger partial charge in [-0.1, -0.05) is 12.1 Å². The molecule has 0 radical (unpaired) electrons. The maximum Gasteiger partial charge on any atom is 0.420 e. The van der Waals surface area contributed by atoms with Gasteiger partial charge >= 0.3 is 12.2 Å². The zero-order valence-electron chi connectivity index (χ0n) is 30.3. The van der Waals surface area contributed by atoms with E-state index in [2.05, 4.69) is 19.8 Å². The number of halogens is 5. The Balaban J connectivity index is 1.37. The van der Waals surface area contributed by atoms with Crippen LogP contribution in [0.25, 0.3) is 32.1 Å². The second-order valence-electron chi connectivity index (χ2n) is 14.8. The van der Waals surface area contributed by atoms with Gasteiger partial charge in [0.05, 0.1) is 33.8 Å². The first-order chi connectivity index (χ1) is 26.2. The van der Waals surface area contributed by atoms with E-state index in [9.17, 15) is 5.26 Å². The Hall–Kier alpha value is -5.05. The Labute approximate surface area is 317 Å². The summed E-state index contributed by atoms with van der Waals surface area (Å²) in [6.45, 7) is 4.43. The van der Waals surface area contributed by atoms with Gasteiger partial charge < -0.3 is 30.7 Å². The van der Waals surface area contributed by atoms with E-state index < -0.39 is 46.2 Å². The number of pyridine rings is 1. The summed E-state index contributed by atoms with van der Waals surface area (Å²) >= 11 is 0.693. The molecule has 4 N–H and O–H groups in total. The van der Waals surface area contributed by atoms with Crippen LogP contribution < -0.4 is 25.8 Å². The summed E-state index contributed by atoms with van der Waals surface area (Å²) < 4.78 is 91.4. The fourth-order valence-corrected chi connectivity index (χ4v) is 9.83. The van der Waals surface area contributed by atoms with Gasteiger partial charge in [-0.05, 0) is 70.4 Å². The highest BCUT2D eigenvalue weighted by Crippen LogP contribution is 2.54. The zero-order valence-corrected chi connectivity index (χ0v) is 31.1. The molecule has 1 unspecified atom stereocenters. The lowest BCUT2D eigenvalue weighted by molar-refractivity contribution is -0.138. The molecule has 11 nitrogen and oxygen atoms in total. The van der Waals surface area contributed by atoms with Crippen molar-refractivity contribution in [3.63, 3.8) is 0 Å². The number of thiophene rings is 1. The smallest absolute Gasteiger partial charge is 0.420 e. The molecule has 5 aromatic rings. The van der Waals surface area contributed by atoms with Gasteiger partial charge in [0.2, 0.25) is 0 Å². The molecule has 3 aliphatic heterocycles. The van der Waals surface area contributed by atoms with Crippen molar-refractivity contribution < 1.29 is 31.4 Å². The average molecular weight is 780 g/mol. The molecule has 55 heavy (non-hydrogen) atoms. The topological polar surface area (TPSA) is 143 Å². The third-order valence-corrected chi connectivity index (χ3v) is 12.1. The standard InChI is InChI=1S/C38H38F5N9O2S/c1-19(21-6-4-10-47-33(21)45)52-12-13-53-31-27-30(48-36(49-35(27)52)54-18-37-9-5-11-51(37)17-20(14-37)16-50(2)3)29(40)26(28(31)38(41,42)43)22-7-8-24(39)32-25(22)23(15-44)34(46)55-32/h4,6-8,10,19-20H,5,9,11-14,16-18,46H2,1-3H3,(H2,45,47)/t19-,20?,37+/m1/s1. The van der Waals surface area contributed by atoms with E-state index in [1.165, 1.54) is 6.20 Å². The number of benzene rings is 2. The van der Waals surface area contributed by atoms with Crippen molar-refractivity contribution in [3.05, 3.63) is 58.8 Å². The summed E-state index contributed by atoms with van der Waals surface area (Å²) in [7, 11) is 4.07. The molecule has 17 heteroatoms. The Morgan fingerprint density at radius 1 is 1.16 bits per heavy atom. The van der Waals surface area contributed by atoms with Gasteiger partial charge in [0.25, 0.3) is 0 Å². The SMILES string of the molecule is C[C@H](c1cccnc1N)N1CCOc2c(C(F)(F)F)c(-c3ccc(F)c4sc(N)c(C#N)c34)c(F)c3nc(OC[C@@]45CCCN4CC(CN(C)C)C5)nc1c23. The van der Waals surface area contributed by atoms with Gasteiger partial charge in [0.15, 0.2) is 5.82 Å². The van der Waals surface area contributed by atoms with E-state index in [0.717, 1.165) is 51.0 Å². The summed E-state index contributed by atoms with van der Waals surface area (Å²) in [4.78, 5) is 19.7. The second-order valence-corrected chi connectivity index (χ2v) is 15.8. The fourth-order valence-electron chi connectivity index (χ4n) is 8.88. The third kappa shape index (κ3) is 6.10. The van der Waals surface area contributed by atoms with Crippen molar-refractivity contribution in [1.82, 2.24) is 24.8 Å². The summed E-state index contributed by atoms with van der Waals surface area (Å²) in [5.41, 5.74) is 9.02. The van der Waals surface area contributed by atoms with Crippen LogP contribution in [0, 0.1) is 28.9 Å². The molecule has 0 saturated carbocycles. The minimum Gasteiger partial charge on any atom is -0.490 e. The number of fused-ring (bicyclic) bond motifs is 2. The number of anilines is 3. The molecular formula is C38H38F5N9O2S. The average Bonchev–Trinajstić information content (AvgIpc) is 3.74. The fraction of sp³-hybridized carbons (Fsp3) is 0.421. The van der Waals surface area contributed by atoms with Gasteiger partial charge in [-0.25, -0.2) is 13.8 Å². The third-order valence-electron chi connectivity index (χ3n) is 11.1. The molecule has 0 spiro atoms. The highest BCUT2D eigenvalue weighted by molar-refractivity contribution is 7.23. The van der Waals surface area contributed by atoms with Gasteiger partial charge in [-0.2, -0.15) is 28.4 Å². The molecule has 0 amide bonds. The molecule has 2 fully saturated rings. The second kappa shape index (κ2) is 13.6. The molecule has 3 aromatic heterocycles. The van der Waals surface area contributed by atoms with Crippen LogP contribution in [-0.4, -0.2) is 83.8 Å². The van der Waals surface area contributed by atoms with E-state index in [0.29, 0.717) is 22.8 Å². The summed E-state index contributed by atoms with van der Waals surface area (Å²) in [5, 5.41) is 9.30. The molecule has 0 aliphatic carbocycles. The normalized spacial score (nSPS) is 20.5. The minimum atomic E-state index is -5.20. The Morgan fingerprint density at radius 2 is 1.96 bits per heavy atom. The molecule has 0 bridgehead atoms. The van der Waals surface area contributed by atoms with E-state index in [-0.39, 0.29) is 74.5 Å². The number of hydrogen-bond acceptors (Lipinski definition) is 12. The number of rotatable bonds is 8. The molecule has 8 rings (SSSR count). The van der Waals surface area contributed by atoms with Crippen LogP contribution in [0.4, 0.5) is 38.6 Å². The number of ether oxygens (including phenoxy) is 2. The predicted octanol–water partition coefficient (Wildman–Crippen LogP) is 6.99. The highest BCUT2D eigenvalue weighted by Gasteiger charge is 2.49. The van der Waals surface area contributed by atoms with E-state index in [1.807, 2.05) is 20.2 Å². The van der Waals surface area contributed by atoms with Gasteiger partial charge in [-0.3, -0.25) is 4.90 Å². The lowest BCUT2D eigenvalue weighted by Gasteiger charge is -2.32. The van der Waals surface area contributed by atoms with Crippen molar-refractivity contribution >= 4 is 49.0 Å². The highest BCUT2D eigenvalue weighted by atomic mass is 32.1. The molecule has 288 valence electrons. The van der Waals surface area contributed by atoms with Crippen LogP contribution in [0.15, 0.2) is 30.5 Å². The van der Waals surface area contributed by atoms with Crippen LogP contribution in [0.5, 0.6) is 11.8 Å². The first-order valence-electron chi connectivity index (χ1n) is 17.9. The van der Waals surface area contributed by atoms with Gasteiger partial charge in [0, 0.05) is 35.8 Å². The van der Waals surface area contributed by atoms with Crippen LogP contribution in [0.3, 0.4) is 0 Å². The monoisotopic (exact) mass is 779 g/mol. The molecule has 6 heterocycles. The predicted molar refractivity (Wildman–Crippen MR) is 200 cm³/mol. The van der Waals surface area contributed by atoms with Crippen LogP contribution >= 0.6 is 11.3 Å². The van der Waals surface area contributed by atoms with Crippen molar-refractivity contribution in [2.75, 3.05) is 69.9 Å². The number of alkyl halides is 3. The van der Waals surface area contributed by atoms with E-state index in [4.69, 9.17) is 25.9 Å². The molecular weight excluding hydrogens is 742 g/mol. The number of nitrogens with zero attached hydrogens (tertiary/aromatic N) is 7. The van der Waals surface area contributed by atoms with Crippen molar-refractivity contribution in [3.8, 4) is 29.0 Å². The Morgan fingerprint density at radius 3 is 2.69 bits per heavy atom. The Kier molecular flexibility index (Phi) is 9.13. The van der Waals surface area contributed by atoms with Crippen molar-refractivity contribution in [1.29, 1.82) is 5.26 Å². The zero-order chi connectivity index (χ0) is 39.0. The molecule has 3 atom stereocenters. The van der Waals surface area contributed by atoms with Crippen LogP contribution in [-0.2, 0) is 6.18 Å². The quantitative estimate of drug-likeness (QED) is 0.157. The van der Waals surface area contributed by atoms with Gasteiger partial charge in [-0.15, -0.1) is 11.3 Å². The number of nitrogens with two attached hydrogens (primary N) is 2.